The molecule has 0 unspecified atom stereocenters. The molecule has 0 heterocycles. The molecule has 0 aromatic heterocycles. The van der Waals surface area contributed by atoms with E-state index in [1.165, 1.54) is 12.8 Å². The van der Waals surface area contributed by atoms with E-state index in [1.807, 2.05) is 0 Å². The summed E-state index contributed by atoms with van der Waals surface area (Å²) in [6, 6.07) is 0. The number of hydrogen-bond donors (Lipinski definition) is 0. The summed E-state index contributed by atoms with van der Waals surface area (Å²) in [6.07, 6.45) is 5.74. The molecule has 1 heteroatoms. The molecule has 2 aliphatic carbocycles. The highest BCUT2D eigenvalue weighted by Crippen LogP contribution is 2.49. The topological polar surface area (TPSA) is 17.1 Å². The van der Waals surface area contributed by atoms with Crippen molar-refractivity contribution in [2.45, 2.75) is 46.0 Å². The Morgan fingerprint density at radius 2 is 2.08 bits per heavy atom. The lowest BCUT2D eigenvalue weighted by Gasteiger charge is -2.22. The van der Waals surface area contributed by atoms with Crippen LogP contribution in [0.15, 0.2) is 0 Å². The Hall–Kier alpha value is -0.330. The van der Waals surface area contributed by atoms with Crippen LogP contribution >= 0.6 is 0 Å². The first-order valence-electron chi connectivity index (χ1n) is 5.11. The number of fused-ring (bicyclic) bond motifs is 1. The maximum Gasteiger partial charge on any atom is 0.136 e. The Balaban J connectivity index is 2.14. The molecular formula is C11H18O. The van der Waals surface area contributed by atoms with Crippen molar-refractivity contribution in [3.05, 3.63) is 0 Å². The normalized spacial score (nSPS) is 39.7. The molecule has 0 bridgehead atoms. The fourth-order valence-electron chi connectivity index (χ4n) is 3.10. The average molecular weight is 166 g/mol. The van der Waals surface area contributed by atoms with Crippen LogP contribution in [0.5, 0.6) is 0 Å². The molecule has 1 nitrogen and oxygen atoms in total. The molecule has 12 heavy (non-hydrogen) atoms. The Kier molecular flexibility index (Phi) is 1.78. The van der Waals surface area contributed by atoms with Gasteiger partial charge in [-0.05, 0) is 37.0 Å². The van der Waals surface area contributed by atoms with Crippen molar-refractivity contribution < 1.29 is 4.79 Å². The van der Waals surface area contributed by atoms with Crippen LogP contribution in [0.4, 0.5) is 0 Å². The first-order chi connectivity index (χ1) is 5.58. The molecule has 2 saturated carbocycles. The van der Waals surface area contributed by atoms with E-state index in [4.69, 9.17) is 0 Å². The van der Waals surface area contributed by atoms with Gasteiger partial charge in [0.15, 0.2) is 0 Å². The second-order valence-electron chi connectivity index (χ2n) is 5.30. The number of carbonyl (C=O) groups is 1. The van der Waals surface area contributed by atoms with E-state index in [9.17, 15) is 4.79 Å². The van der Waals surface area contributed by atoms with Crippen LogP contribution in [0.2, 0.25) is 0 Å². The number of carbonyl (C=O) groups excluding carboxylic acids is 1. The van der Waals surface area contributed by atoms with Gasteiger partial charge in [-0.1, -0.05) is 13.8 Å². The quantitative estimate of drug-likeness (QED) is 0.541. The van der Waals surface area contributed by atoms with E-state index in [2.05, 4.69) is 13.8 Å². The highest BCUT2D eigenvalue weighted by Gasteiger charge is 2.43. The van der Waals surface area contributed by atoms with Crippen LogP contribution in [-0.2, 0) is 4.79 Å². The third kappa shape index (κ3) is 1.30. The lowest BCUT2D eigenvalue weighted by molar-refractivity contribution is -0.125. The number of ketones is 1. The largest absolute Gasteiger partial charge is 0.299 e. The zero-order chi connectivity index (χ0) is 8.77. The first-order valence-corrected chi connectivity index (χ1v) is 5.11. The average Bonchev–Trinajstić information content (AvgIpc) is 2.25. The zero-order valence-electron chi connectivity index (χ0n) is 8.10. The molecule has 0 aliphatic heterocycles. The van der Waals surface area contributed by atoms with E-state index < -0.39 is 0 Å². The van der Waals surface area contributed by atoms with Crippen molar-refractivity contribution in [3.63, 3.8) is 0 Å². The SMILES string of the molecule is CC1(C)C[C@@H]2CCCC(=O)[C@H]2C1. The Morgan fingerprint density at radius 1 is 1.33 bits per heavy atom. The molecule has 2 fully saturated rings. The van der Waals surface area contributed by atoms with Gasteiger partial charge in [-0.25, -0.2) is 0 Å². The highest BCUT2D eigenvalue weighted by molar-refractivity contribution is 5.82. The van der Waals surface area contributed by atoms with E-state index >= 15 is 0 Å². The molecule has 0 N–H and O–H groups in total. The van der Waals surface area contributed by atoms with Crippen molar-refractivity contribution in [2.24, 2.45) is 17.3 Å². The predicted octanol–water partition coefficient (Wildman–Crippen LogP) is 2.79. The lowest BCUT2D eigenvalue weighted by Crippen LogP contribution is -2.23. The minimum Gasteiger partial charge on any atom is -0.299 e. The molecule has 0 saturated heterocycles. The molecule has 68 valence electrons. The van der Waals surface area contributed by atoms with Gasteiger partial charge in [-0.15, -0.1) is 0 Å². The minimum atomic E-state index is 0.439. The monoisotopic (exact) mass is 166 g/mol. The van der Waals surface area contributed by atoms with E-state index in [0.717, 1.165) is 25.2 Å². The summed E-state index contributed by atoms with van der Waals surface area (Å²) < 4.78 is 0. The van der Waals surface area contributed by atoms with Gasteiger partial charge in [0, 0.05) is 12.3 Å². The van der Waals surface area contributed by atoms with Crippen LogP contribution < -0.4 is 0 Å². The summed E-state index contributed by atoms with van der Waals surface area (Å²) in [5.74, 6) is 1.73. The number of Topliss-reactive ketones (excluding diaryl/α,β-unsaturated/α-hetero) is 1. The molecule has 2 atom stereocenters. The Morgan fingerprint density at radius 3 is 2.75 bits per heavy atom. The molecule has 2 rings (SSSR count). The summed E-state index contributed by atoms with van der Waals surface area (Å²) in [5.41, 5.74) is 0.440. The van der Waals surface area contributed by atoms with Crippen molar-refractivity contribution in [3.8, 4) is 0 Å². The van der Waals surface area contributed by atoms with Crippen LogP contribution in [0.1, 0.15) is 46.0 Å². The standard InChI is InChI=1S/C11H18O/c1-11(2)6-8-4-3-5-10(12)9(8)7-11/h8-9H,3-7H2,1-2H3/t8-,9-/m0/s1. The van der Waals surface area contributed by atoms with Crippen LogP contribution in [0.3, 0.4) is 0 Å². The van der Waals surface area contributed by atoms with Crippen LogP contribution in [-0.4, -0.2) is 5.78 Å². The van der Waals surface area contributed by atoms with Gasteiger partial charge in [-0.2, -0.15) is 0 Å². The Labute approximate surface area is 74.5 Å². The van der Waals surface area contributed by atoms with E-state index in [1.54, 1.807) is 0 Å². The van der Waals surface area contributed by atoms with Crippen LogP contribution in [0.25, 0.3) is 0 Å². The van der Waals surface area contributed by atoms with Gasteiger partial charge in [0.05, 0.1) is 0 Å². The van der Waals surface area contributed by atoms with Gasteiger partial charge in [0.25, 0.3) is 0 Å². The third-order valence-corrected chi connectivity index (χ3v) is 3.57. The molecule has 0 aromatic rings. The maximum atomic E-state index is 11.6. The van der Waals surface area contributed by atoms with Crippen molar-refractivity contribution in [1.82, 2.24) is 0 Å². The molecule has 0 aromatic carbocycles. The van der Waals surface area contributed by atoms with Gasteiger partial charge >= 0.3 is 0 Å². The summed E-state index contributed by atoms with van der Waals surface area (Å²) in [4.78, 5) is 11.6. The molecule has 0 amide bonds. The number of rotatable bonds is 0. The summed E-state index contributed by atoms with van der Waals surface area (Å²) in [5, 5.41) is 0. The molecular weight excluding hydrogens is 148 g/mol. The summed E-state index contributed by atoms with van der Waals surface area (Å²) in [7, 11) is 0. The summed E-state index contributed by atoms with van der Waals surface area (Å²) in [6.45, 7) is 4.61. The second kappa shape index (κ2) is 2.58. The molecule has 2 aliphatic rings. The minimum absolute atomic E-state index is 0.439. The number of hydrogen-bond acceptors (Lipinski definition) is 1. The van der Waals surface area contributed by atoms with Gasteiger partial charge < -0.3 is 0 Å². The van der Waals surface area contributed by atoms with E-state index in [-0.39, 0.29) is 0 Å². The highest BCUT2D eigenvalue weighted by atomic mass is 16.1. The smallest absolute Gasteiger partial charge is 0.136 e. The van der Waals surface area contributed by atoms with Crippen molar-refractivity contribution in [1.29, 1.82) is 0 Å². The predicted molar refractivity (Wildman–Crippen MR) is 48.9 cm³/mol. The van der Waals surface area contributed by atoms with Crippen LogP contribution in [0, 0.1) is 17.3 Å². The van der Waals surface area contributed by atoms with Gasteiger partial charge in [-0.3, -0.25) is 4.79 Å². The Bertz CT molecular complexity index is 205. The fourth-order valence-corrected chi connectivity index (χ4v) is 3.10. The zero-order valence-corrected chi connectivity index (χ0v) is 8.10. The van der Waals surface area contributed by atoms with Crippen molar-refractivity contribution in [2.75, 3.05) is 0 Å². The lowest BCUT2D eigenvalue weighted by atomic mass is 9.81. The molecule has 0 radical (unpaired) electrons. The fraction of sp³-hybridized carbons (Fsp3) is 0.909. The van der Waals surface area contributed by atoms with E-state index in [0.29, 0.717) is 17.1 Å². The van der Waals surface area contributed by atoms with Crippen molar-refractivity contribution >= 4 is 5.78 Å². The van der Waals surface area contributed by atoms with Gasteiger partial charge in [0.1, 0.15) is 5.78 Å². The first kappa shape index (κ1) is 8.28. The molecule has 0 spiro atoms. The second-order valence-corrected chi connectivity index (χ2v) is 5.30. The summed E-state index contributed by atoms with van der Waals surface area (Å²) >= 11 is 0. The van der Waals surface area contributed by atoms with Gasteiger partial charge in [0.2, 0.25) is 0 Å². The maximum absolute atomic E-state index is 11.6. The third-order valence-electron chi connectivity index (χ3n) is 3.57.